The van der Waals surface area contributed by atoms with Gasteiger partial charge < -0.3 is 19.5 Å². The van der Waals surface area contributed by atoms with Crippen LogP contribution in [0, 0.1) is 6.92 Å². The predicted molar refractivity (Wildman–Crippen MR) is 75.2 cm³/mol. The lowest BCUT2D eigenvalue weighted by molar-refractivity contribution is 0.197. The molecule has 104 valence electrons. The molecule has 0 radical (unpaired) electrons. The molecule has 0 aliphatic carbocycles. The highest BCUT2D eigenvalue weighted by atomic mass is 16.5. The second kappa shape index (κ2) is 7.38. The fourth-order valence-electron chi connectivity index (χ4n) is 2.02. The Morgan fingerprint density at radius 1 is 1.50 bits per heavy atom. The minimum Gasteiger partial charge on any atom is -0.385 e. The molecule has 5 nitrogen and oxygen atoms in total. The zero-order chi connectivity index (χ0) is 13.5. The van der Waals surface area contributed by atoms with Crippen molar-refractivity contribution >= 4 is 5.95 Å². The average molecular weight is 254 g/mol. The van der Waals surface area contributed by atoms with E-state index >= 15 is 0 Å². The van der Waals surface area contributed by atoms with Crippen LogP contribution in [0.2, 0.25) is 0 Å². The van der Waals surface area contributed by atoms with Crippen molar-refractivity contribution in [2.75, 3.05) is 46.2 Å². The van der Waals surface area contributed by atoms with Crippen molar-refractivity contribution in [3.05, 3.63) is 11.9 Å². The van der Waals surface area contributed by atoms with E-state index in [2.05, 4.69) is 47.0 Å². The topological polar surface area (TPSA) is 42.3 Å². The van der Waals surface area contributed by atoms with Gasteiger partial charge in [0.2, 0.25) is 5.95 Å². The Kier molecular flexibility index (Phi) is 6.15. The van der Waals surface area contributed by atoms with E-state index in [1.165, 1.54) is 0 Å². The maximum atomic E-state index is 5.04. The van der Waals surface area contributed by atoms with Crippen LogP contribution in [-0.2, 0) is 4.74 Å². The number of hydrogen-bond donors (Lipinski definition) is 1. The van der Waals surface area contributed by atoms with E-state index in [-0.39, 0.29) is 0 Å². The molecule has 18 heavy (non-hydrogen) atoms. The fraction of sp³-hybridized carbons (Fsp3) is 0.769. The smallest absolute Gasteiger partial charge is 0.203 e. The summed E-state index contributed by atoms with van der Waals surface area (Å²) in [7, 11) is 5.90. The first-order chi connectivity index (χ1) is 8.54. The average Bonchev–Trinajstić information content (AvgIpc) is 2.65. The highest BCUT2D eigenvalue weighted by molar-refractivity contribution is 5.29. The van der Waals surface area contributed by atoms with Gasteiger partial charge in [-0.1, -0.05) is 0 Å². The van der Waals surface area contributed by atoms with Gasteiger partial charge in [0.05, 0.1) is 5.69 Å². The Labute approximate surface area is 110 Å². The minimum absolute atomic E-state index is 0.408. The van der Waals surface area contributed by atoms with Gasteiger partial charge in [-0.2, -0.15) is 0 Å². The van der Waals surface area contributed by atoms with Gasteiger partial charge in [-0.05, 0) is 34.4 Å². The van der Waals surface area contributed by atoms with Crippen LogP contribution >= 0.6 is 0 Å². The number of nitrogens with zero attached hydrogens (tertiary/aromatic N) is 3. The van der Waals surface area contributed by atoms with Crippen molar-refractivity contribution < 1.29 is 4.74 Å². The van der Waals surface area contributed by atoms with Gasteiger partial charge in [0, 0.05) is 39.0 Å². The lowest BCUT2D eigenvalue weighted by atomic mass is 10.3. The summed E-state index contributed by atoms with van der Waals surface area (Å²) in [4.78, 5) is 6.72. The summed E-state index contributed by atoms with van der Waals surface area (Å²) < 4.78 is 7.25. The molecule has 1 atom stereocenters. The second-order valence-electron chi connectivity index (χ2n) is 5.00. The molecule has 0 bridgehead atoms. The fourth-order valence-corrected chi connectivity index (χ4v) is 2.02. The number of anilines is 1. The van der Waals surface area contributed by atoms with Gasteiger partial charge in [-0.25, -0.2) is 4.98 Å². The van der Waals surface area contributed by atoms with Crippen molar-refractivity contribution in [1.29, 1.82) is 0 Å². The van der Waals surface area contributed by atoms with E-state index in [1.807, 2.05) is 6.92 Å². The molecule has 0 saturated heterocycles. The van der Waals surface area contributed by atoms with E-state index < -0.39 is 0 Å². The Bertz CT molecular complexity index is 349. The number of aryl methyl sites for hydroxylation is 1. The van der Waals surface area contributed by atoms with E-state index in [1.54, 1.807) is 7.11 Å². The lowest BCUT2D eigenvalue weighted by Crippen LogP contribution is -2.23. The molecule has 0 aromatic carbocycles. The molecule has 0 saturated carbocycles. The maximum absolute atomic E-state index is 5.04. The first kappa shape index (κ1) is 15.0. The molecule has 5 heteroatoms. The lowest BCUT2D eigenvalue weighted by Gasteiger charge is -2.20. The molecular formula is C13H26N4O. The molecule has 1 unspecified atom stereocenters. The highest BCUT2D eigenvalue weighted by Gasteiger charge is 2.12. The molecular weight excluding hydrogens is 228 g/mol. The van der Waals surface area contributed by atoms with Crippen LogP contribution in [0.25, 0.3) is 0 Å². The molecule has 0 aliphatic rings. The number of nitrogens with one attached hydrogen (secondary N) is 1. The van der Waals surface area contributed by atoms with Crippen molar-refractivity contribution in [2.24, 2.45) is 0 Å². The third-order valence-corrected chi connectivity index (χ3v) is 2.77. The number of rotatable bonds is 8. The summed E-state index contributed by atoms with van der Waals surface area (Å²) in [6.45, 7) is 6.90. The summed E-state index contributed by atoms with van der Waals surface area (Å²) in [5.41, 5.74) is 1.05. The Hall–Kier alpha value is -1.07. The summed E-state index contributed by atoms with van der Waals surface area (Å²) in [6.07, 6.45) is 3.09. The number of imidazole rings is 1. The van der Waals surface area contributed by atoms with Gasteiger partial charge in [-0.3, -0.25) is 0 Å². The molecule has 1 heterocycles. The third-order valence-electron chi connectivity index (χ3n) is 2.77. The van der Waals surface area contributed by atoms with Crippen LogP contribution in [0.1, 0.15) is 25.1 Å². The number of aromatic nitrogens is 2. The Morgan fingerprint density at radius 3 is 2.83 bits per heavy atom. The van der Waals surface area contributed by atoms with Crippen LogP contribution in [0.4, 0.5) is 5.95 Å². The Morgan fingerprint density at radius 2 is 2.22 bits per heavy atom. The number of likely N-dealkylation sites (N-methyl/N-ethyl adjacent to an activating group) is 1. The van der Waals surface area contributed by atoms with E-state index in [4.69, 9.17) is 4.74 Å². The largest absolute Gasteiger partial charge is 0.385 e. The van der Waals surface area contributed by atoms with Crippen LogP contribution in [-0.4, -0.2) is 55.4 Å². The second-order valence-corrected chi connectivity index (χ2v) is 5.00. The first-order valence-electron chi connectivity index (χ1n) is 6.47. The highest BCUT2D eigenvalue weighted by Crippen LogP contribution is 2.16. The van der Waals surface area contributed by atoms with Crippen molar-refractivity contribution in [1.82, 2.24) is 14.5 Å². The SMILES string of the molecule is COCCCNc1nc(C)cn1C(C)CN(C)C. The molecule has 0 spiro atoms. The van der Waals surface area contributed by atoms with Gasteiger partial charge in [0.15, 0.2) is 0 Å². The number of methoxy groups -OCH3 is 1. The summed E-state index contributed by atoms with van der Waals surface area (Å²) >= 11 is 0. The molecule has 1 rings (SSSR count). The molecule has 1 N–H and O–H groups in total. The molecule has 1 aromatic heterocycles. The van der Waals surface area contributed by atoms with Gasteiger partial charge >= 0.3 is 0 Å². The number of hydrogen-bond acceptors (Lipinski definition) is 4. The van der Waals surface area contributed by atoms with Crippen molar-refractivity contribution in [3.63, 3.8) is 0 Å². The van der Waals surface area contributed by atoms with Crippen LogP contribution < -0.4 is 5.32 Å². The minimum atomic E-state index is 0.408. The van der Waals surface area contributed by atoms with E-state index in [9.17, 15) is 0 Å². The summed E-state index contributed by atoms with van der Waals surface area (Å²) in [6, 6.07) is 0.408. The molecule has 0 fully saturated rings. The molecule has 0 aliphatic heterocycles. The molecule has 0 amide bonds. The van der Waals surface area contributed by atoms with Gasteiger partial charge in [0.25, 0.3) is 0 Å². The predicted octanol–water partition coefficient (Wildman–Crippen LogP) is 1.76. The van der Waals surface area contributed by atoms with E-state index in [0.29, 0.717) is 6.04 Å². The Balaban J connectivity index is 2.61. The first-order valence-corrected chi connectivity index (χ1v) is 6.47. The zero-order valence-electron chi connectivity index (χ0n) is 12.2. The monoisotopic (exact) mass is 254 g/mol. The van der Waals surface area contributed by atoms with Gasteiger partial charge in [-0.15, -0.1) is 0 Å². The standard InChI is InChI=1S/C13H26N4O/c1-11-9-17(12(2)10-16(3)4)13(15-11)14-7-6-8-18-5/h9,12H,6-8,10H2,1-5H3,(H,14,15). The summed E-state index contributed by atoms with van der Waals surface area (Å²) in [5.74, 6) is 0.956. The van der Waals surface area contributed by atoms with Gasteiger partial charge in [0.1, 0.15) is 0 Å². The maximum Gasteiger partial charge on any atom is 0.203 e. The van der Waals surface area contributed by atoms with E-state index in [0.717, 1.165) is 37.8 Å². The third kappa shape index (κ3) is 4.66. The zero-order valence-corrected chi connectivity index (χ0v) is 12.2. The normalized spacial score (nSPS) is 13.0. The summed E-state index contributed by atoms with van der Waals surface area (Å²) in [5, 5.41) is 3.38. The quantitative estimate of drug-likeness (QED) is 0.718. The van der Waals surface area contributed by atoms with Crippen LogP contribution in [0.3, 0.4) is 0 Å². The van der Waals surface area contributed by atoms with Crippen molar-refractivity contribution in [3.8, 4) is 0 Å². The van der Waals surface area contributed by atoms with Crippen LogP contribution in [0.5, 0.6) is 0 Å². The van der Waals surface area contributed by atoms with Crippen LogP contribution in [0.15, 0.2) is 6.20 Å². The molecule has 1 aromatic rings. The van der Waals surface area contributed by atoms with Crippen molar-refractivity contribution in [2.45, 2.75) is 26.3 Å². The number of ether oxygens (including phenoxy) is 1.